The van der Waals surface area contributed by atoms with Gasteiger partial charge >= 0.3 is 170 Å². The predicted octanol–water partition coefficient (Wildman–Crippen LogP) is 1.13. The van der Waals surface area contributed by atoms with Crippen molar-refractivity contribution in [2.75, 3.05) is 6.54 Å². The van der Waals surface area contributed by atoms with E-state index in [2.05, 4.69) is 20.8 Å². The maximum absolute atomic E-state index is 12.7. The molecule has 1 aliphatic heterocycles. The second-order valence-corrected chi connectivity index (χ2v) is 10.8. The molecule has 4 nitrogen and oxygen atoms in total. The van der Waals surface area contributed by atoms with E-state index in [-0.39, 0.29) is 21.0 Å². The summed E-state index contributed by atoms with van der Waals surface area (Å²) < 4.78 is 1.09. The van der Waals surface area contributed by atoms with Crippen molar-refractivity contribution >= 4 is 15.6 Å². The first-order valence-electron chi connectivity index (χ1n) is 8.92. The summed E-state index contributed by atoms with van der Waals surface area (Å²) in [5, 5.41) is 0. The van der Waals surface area contributed by atoms with Gasteiger partial charge in [0.15, 0.2) is 0 Å². The van der Waals surface area contributed by atoms with Gasteiger partial charge in [-0.1, -0.05) is 0 Å². The van der Waals surface area contributed by atoms with Crippen LogP contribution in [0.5, 0.6) is 0 Å². The van der Waals surface area contributed by atoms with Crippen molar-refractivity contribution in [2.45, 2.75) is 34.1 Å². The van der Waals surface area contributed by atoms with E-state index >= 15 is 0 Å². The first-order chi connectivity index (χ1) is 12.7. The molecule has 0 N–H and O–H groups in total. The molecule has 1 aliphatic rings. The fraction of sp³-hybridized carbons (Fsp3) is 0.318. The molecule has 0 fully saturated rings. The number of benzene rings is 2. The monoisotopic (exact) mass is 476 g/mol. The van der Waals surface area contributed by atoms with Crippen LogP contribution in [0.15, 0.2) is 42.5 Å². The molecular weight excluding hydrogens is 453 g/mol. The van der Waals surface area contributed by atoms with Gasteiger partial charge in [0.05, 0.1) is 0 Å². The topological polar surface area (TPSA) is 54.5 Å². The molecule has 5 heteroatoms. The summed E-state index contributed by atoms with van der Waals surface area (Å²) in [6.07, 6.45) is 0.739. The summed E-state index contributed by atoms with van der Waals surface area (Å²) in [7, 11) is 0. The molecule has 1 heterocycles. The number of halogens is 1. The first kappa shape index (κ1) is 19.7. The average molecular weight is 476 g/mol. The number of rotatable bonds is 5. The third kappa shape index (κ3) is 4.46. The van der Waals surface area contributed by atoms with Crippen LogP contribution in [-0.4, -0.2) is 27.0 Å². The van der Waals surface area contributed by atoms with Crippen LogP contribution >= 0.6 is 0 Å². The second-order valence-electron chi connectivity index (χ2n) is 8.00. The van der Waals surface area contributed by atoms with Crippen LogP contribution in [0.2, 0.25) is 0 Å². The fourth-order valence-electron chi connectivity index (χ4n) is 2.81. The van der Waals surface area contributed by atoms with E-state index in [9.17, 15) is 14.4 Å². The van der Waals surface area contributed by atoms with Gasteiger partial charge in [-0.15, -0.1) is 0 Å². The number of hydrogen-bond acceptors (Lipinski definition) is 3. The van der Waals surface area contributed by atoms with Gasteiger partial charge in [0.25, 0.3) is 0 Å². The van der Waals surface area contributed by atoms with Crippen molar-refractivity contribution in [3.63, 3.8) is 0 Å². The van der Waals surface area contributed by atoms with Crippen LogP contribution in [0.4, 0.5) is 0 Å². The molecular formula is C22H23INO3-. The quantitative estimate of drug-likeness (QED) is 0.370. The second kappa shape index (κ2) is 7.54. The van der Waals surface area contributed by atoms with E-state index in [1.54, 1.807) is 18.2 Å². The van der Waals surface area contributed by atoms with Crippen LogP contribution in [0.1, 0.15) is 63.8 Å². The van der Waals surface area contributed by atoms with E-state index in [0.717, 1.165) is 15.6 Å². The van der Waals surface area contributed by atoms with Crippen molar-refractivity contribution in [1.82, 2.24) is 4.90 Å². The summed E-state index contributed by atoms with van der Waals surface area (Å²) >= 11 is -0.844. The number of hydrogen-bond donors (Lipinski definition) is 0. The van der Waals surface area contributed by atoms with Crippen LogP contribution in [0.3, 0.4) is 0 Å². The van der Waals surface area contributed by atoms with Gasteiger partial charge in [-0.3, -0.25) is 0 Å². The zero-order chi connectivity index (χ0) is 19.8. The zero-order valence-electron chi connectivity index (χ0n) is 16.0. The predicted molar refractivity (Wildman–Crippen MR) is 100 cm³/mol. The number of nitrogens with zero attached hydrogens (tertiary/aromatic N) is 1. The van der Waals surface area contributed by atoms with E-state index in [0.29, 0.717) is 23.2 Å². The molecule has 0 unspecified atom stereocenters. The van der Waals surface area contributed by atoms with Crippen molar-refractivity contribution in [3.8, 4) is 0 Å². The van der Waals surface area contributed by atoms with E-state index in [1.165, 1.54) is 4.90 Å². The molecule has 0 aromatic heterocycles. The zero-order valence-corrected chi connectivity index (χ0v) is 18.2. The van der Waals surface area contributed by atoms with E-state index < -0.39 is 21.2 Å². The van der Waals surface area contributed by atoms with Gasteiger partial charge in [-0.2, -0.15) is 0 Å². The molecule has 0 bridgehead atoms. The molecule has 0 spiro atoms. The summed E-state index contributed by atoms with van der Waals surface area (Å²) in [4.78, 5) is 39.2. The maximum atomic E-state index is 12.7. The number of amides is 2. The minimum atomic E-state index is -0.844. The summed E-state index contributed by atoms with van der Waals surface area (Å²) in [5.41, 5.74) is 2.47. The first-order valence-corrected chi connectivity index (χ1v) is 11.1. The number of aryl methyl sites for hydroxylation is 1. The fourth-order valence-corrected chi connectivity index (χ4v) is 4.74. The molecule has 27 heavy (non-hydrogen) atoms. The number of carbonyl (C=O) groups excluding carboxylic acids is 3. The van der Waals surface area contributed by atoms with Gasteiger partial charge in [0, 0.05) is 0 Å². The standard InChI is InChI=1S/C22H23INO3/c1-14-5-8-16(9-6-14)23-19(25)15-7-10-17-18(13-15)21(27)24(20(17)26)12-11-22(2,3)4/h5-10,13H,11-12H2,1-4H3/q-1. The van der Waals surface area contributed by atoms with Crippen LogP contribution < -0.4 is 21.2 Å². The summed E-state index contributed by atoms with van der Waals surface area (Å²) in [6.45, 7) is 8.65. The normalized spacial score (nSPS) is 14.0. The molecule has 0 atom stereocenters. The van der Waals surface area contributed by atoms with Gasteiger partial charge in [-0.25, -0.2) is 0 Å². The Labute approximate surface area is 170 Å². The molecule has 2 aromatic carbocycles. The Morgan fingerprint density at radius 2 is 1.59 bits per heavy atom. The van der Waals surface area contributed by atoms with Crippen molar-refractivity contribution in [2.24, 2.45) is 5.41 Å². The minimum absolute atomic E-state index is 0.0366. The third-order valence-corrected chi connectivity index (χ3v) is 6.94. The number of fused-ring (bicyclic) bond motifs is 1. The van der Waals surface area contributed by atoms with Gasteiger partial charge in [0.1, 0.15) is 0 Å². The molecule has 3 rings (SSSR count). The number of carbonyl (C=O) groups is 3. The Kier molecular flexibility index (Phi) is 5.51. The van der Waals surface area contributed by atoms with Gasteiger partial charge < -0.3 is 0 Å². The van der Waals surface area contributed by atoms with Crippen molar-refractivity contribution in [3.05, 3.63) is 68.3 Å². The Bertz CT molecular complexity index is 910. The molecule has 2 amide bonds. The van der Waals surface area contributed by atoms with Crippen LogP contribution in [-0.2, 0) is 0 Å². The number of imide groups is 1. The van der Waals surface area contributed by atoms with Crippen LogP contribution in [0, 0.1) is 15.9 Å². The molecule has 142 valence electrons. The Balaban J connectivity index is 1.79. The Morgan fingerprint density at radius 1 is 0.963 bits per heavy atom. The molecule has 0 radical (unpaired) electrons. The van der Waals surface area contributed by atoms with Gasteiger partial charge in [0.2, 0.25) is 0 Å². The van der Waals surface area contributed by atoms with Crippen LogP contribution in [0.25, 0.3) is 0 Å². The van der Waals surface area contributed by atoms with Gasteiger partial charge in [-0.05, 0) is 0 Å². The average Bonchev–Trinajstić information content (AvgIpc) is 2.85. The van der Waals surface area contributed by atoms with Crippen molar-refractivity contribution in [1.29, 1.82) is 0 Å². The van der Waals surface area contributed by atoms with E-state index in [4.69, 9.17) is 0 Å². The van der Waals surface area contributed by atoms with Crippen molar-refractivity contribution < 1.29 is 35.6 Å². The summed E-state index contributed by atoms with van der Waals surface area (Å²) in [5.74, 6) is -0.547. The molecule has 2 aromatic rings. The van der Waals surface area contributed by atoms with E-state index in [1.807, 2.05) is 31.2 Å². The summed E-state index contributed by atoms with van der Waals surface area (Å²) in [6, 6.07) is 12.9. The molecule has 0 aliphatic carbocycles. The Hall–Kier alpha value is -2.02. The molecule has 0 saturated heterocycles. The SMILES string of the molecule is Cc1ccc([I-]C(=O)c2ccc3c(c2)C(=O)N(CCC(C)(C)C)C3=O)cc1. The third-order valence-electron chi connectivity index (χ3n) is 4.49. The molecule has 0 saturated carbocycles. The Morgan fingerprint density at radius 3 is 2.22 bits per heavy atom.